The Morgan fingerprint density at radius 1 is 1.19 bits per heavy atom. The highest BCUT2D eigenvalue weighted by Crippen LogP contribution is 2.41. The number of piperidine rings is 1. The zero-order valence-corrected chi connectivity index (χ0v) is 15.0. The predicted molar refractivity (Wildman–Crippen MR) is 94.8 cm³/mol. The summed E-state index contributed by atoms with van der Waals surface area (Å²) in [5, 5.41) is 3.12. The number of aromatic nitrogens is 1. The number of nitrogens with one attached hydrogen (secondary N) is 1. The van der Waals surface area contributed by atoms with Gasteiger partial charge in [-0.3, -0.25) is 19.0 Å². The number of ether oxygens (including phenoxy) is 1. The van der Waals surface area contributed by atoms with Gasteiger partial charge in [-0.05, 0) is 25.3 Å². The highest BCUT2D eigenvalue weighted by atomic mass is 16.5. The van der Waals surface area contributed by atoms with Crippen LogP contribution in [-0.2, 0) is 14.3 Å². The van der Waals surface area contributed by atoms with E-state index in [-0.39, 0.29) is 35.3 Å². The molecule has 3 aliphatic rings. The van der Waals surface area contributed by atoms with Crippen molar-refractivity contribution >= 4 is 11.8 Å². The fourth-order valence-corrected chi connectivity index (χ4v) is 4.66. The molecule has 3 atom stereocenters. The smallest absolute Gasteiger partial charge is 0.251 e. The fraction of sp³-hybridized carbons (Fsp3) is 0.632. The van der Waals surface area contributed by atoms with Crippen molar-refractivity contribution in [3.8, 4) is 0 Å². The van der Waals surface area contributed by atoms with Gasteiger partial charge in [0, 0.05) is 62.9 Å². The fourth-order valence-electron chi connectivity index (χ4n) is 4.66. The molecule has 1 aromatic heterocycles. The van der Waals surface area contributed by atoms with E-state index in [4.69, 9.17) is 4.74 Å². The van der Waals surface area contributed by atoms with Crippen LogP contribution in [0.4, 0.5) is 0 Å². The quantitative estimate of drug-likeness (QED) is 0.841. The van der Waals surface area contributed by atoms with Gasteiger partial charge < -0.3 is 15.0 Å². The summed E-state index contributed by atoms with van der Waals surface area (Å²) in [7, 11) is 0. The summed E-state index contributed by atoms with van der Waals surface area (Å²) in [5.74, 6) is -0.0147. The second-order valence-corrected chi connectivity index (χ2v) is 7.62. The summed E-state index contributed by atoms with van der Waals surface area (Å²) in [6.07, 6.45) is 2.42. The van der Waals surface area contributed by atoms with Gasteiger partial charge in [0.2, 0.25) is 11.8 Å². The van der Waals surface area contributed by atoms with Gasteiger partial charge in [0.15, 0.2) is 0 Å². The summed E-state index contributed by atoms with van der Waals surface area (Å²) in [5.41, 5.74) is 0.729. The lowest BCUT2D eigenvalue weighted by Gasteiger charge is -2.46. The molecule has 2 bridgehead atoms. The van der Waals surface area contributed by atoms with Gasteiger partial charge in [0.25, 0.3) is 5.56 Å². The maximum atomic E-state index is 13.1. The molecule has 7 nitrogen and oxygen atoms in total. The van der Waals surface area contributed by atoms with Crippen molar-refractivity contribution in [2.24, 2.45) is 5.92 Å². The van der Waals surface area contributed by atoms with Gasteiger partial charge >= 0.3 is 0 Å². The van der Waals surface area contributed by atoms with Crippen molar-refractivity contribution in [3.05, 3.63) is 34.2 Å². The van der Waals surface area contributed by atoms with Gasteiger partial charge in [0.1, 0.15) is 6.04 Å². The van der Waals surface area contributed by atoms with E-state index < -0.39 is 6.04 Å². The van der Waals surface area contributed by atoms with Gasteiger partial charge in [-0.2, -0.15) is 0 Å². The second kappa shape index (κ2) is 6.87. The molecule has 2 saturated heterocycles. The summed E-state index contributed by atoms with van der Waals surface area (Å²) < 4.78 is 7.03. The highest BCUT2D eigenvalue weighted by molar-refractivity contribution is 5.82. The van der Waals surface area contributed by atoms with Crippen LogP contribution in [0.15, 0.2) is 23.0 Å². The maximum Gasteiger partial charge on any atom is 0.251 e. The first-order valence-electron chi connectivity index (χ1n) is 9.39. The third-order valence-electron chi connectivity index (χ3n) is 5.93. The van der Waals surface area contributed by atoms with Crippen LogP contribution in [0.25, 0.3) is 0 Å². The Hall–Kier alpha value is -2.15. The molecule has 1 N–H and O–H groups in total. The Balaban J connectivity index is 1.67. The molecule has 3 aliphatic heterocycles. The van der Waals surface area contributed by atoms with E-state index in [1.54, 1.807) is 17.6 Å². The standard InChI is InChI=1S/C19H25N3O4/c1-12(23)21-10-13-9-14(11-21)18(22-16(13)3-2-4-17(22)24)19(25)20-15-5-7-26-8-6-15/h2-4,13-15,18H,5-11H2,1H3,(H,20,25)/t13-,14+,18-/m1/s1. The highest BCUT2D eigenvalue weighted by Gasteiger charge is 2.44. The Morgan fingerprint density at radius 2 is 1.96 bits per heavy atom. The topological polar surface area (TPSA) is 80.6 Å². The van der Waals surface area contributed by atoms with Crippen molar-refractivity contribution in [2.75, 3.05) is 26.3 Å². The third kappa shape index (κ3) is 3.05. The molecule has 4 rings (SSSR count). The molecule has 0 saturated carbocycles. The number of carbonyl (C=O) groups excluding carboxylic acids is 2. The molecule has 140 valence electrons. The van der Waals surface area contributed by atoms with Gasteiger partial charge in [-0.25, -0.2) is 0 Å². The molecule has 1 aromatic rings. The third-order valence-corrected chi connectivity index (χ3v) is 5.93. The summed E-state index contributed by atoms with van der Waals surface area (Å²) >= 11 is 0. The summed E-state index contributed by atoms with van der Waals surface area (Å²) in [4.78, 5) is 39.5. The first-order chi connectivity index (χ1) is 12.5. The number of carbonyl (C=O) groups is 2. The Kier molecular flexibility index (Phi) is 4.56. The van der Waals surface area contributed by atoms with E-state index in [1.807, 2.05) is 11.0 Å². The van der Waals surface area contributed by atoms with Crippen molar-refractivity contribution in [1.29, 1.82) is 0 Å². The Labute approximate surface area is 152 Å². The molecule has 26 heavy (non-hydrogen) atoms. The SMILES string of the molecule is CC(=O)N1C[C@H]2C[C@@H](C1)[C@H](C(=O)NC1CCOCC1)n1c2cccc1=O. The van der Waals surface area contributed by atoms with E-state index in [0.717, 1.165) is 25.0 Å². The molecule has 0 unspecified atom stereocenters. The molecule has 2 amide bonds. The number of nitrogens with zero attached hydrogens (tertiary/aromatic N) is 2. The molecule has 0 aromatic carbocycles. The van der Waals surface area contributed by atoms with E-state index in [2.05, 4.69) is 5.32 Å². The number of fused-ring (bicyclic) bond motifs is 4. The first kappa shape index (κ1) is 17.3. The minimum absolute atomic E-state index is 0.0232. The predicted octanol–water partition coefficient (Wildman–Crippen LogP) is 0.650. The largest absolute Gasteiger partial charge is 0.381 e. The van der Waals surface area contributed by atoms with Gasteiger partial charge in [0.05, 0.1) is 0 Å². The van der Waals surface area contributed by atoms with Crippen molar-refractivity contribution < 1.29 is 14.3 Å². The average molecular weight is 359 g/mol. The Morgan fingerprint density at radius 3 is 2.69 bits per heavy atom. The molecule has 0 spiro atoms. The normalized spacial score (nSPS) is 28.3. The molecule has 0 aliphatic carbocycles. The number of likely N-dealkylation sites (tertiary alicyclic amines) is 1. The number of pyridine rings is 1. The van der Waals surface area contributed by atoms with Gasteiger partial charge in [-0.15, -0.1) is 0 Å². The average Bonchev–Trinajstić information content (AvgIpc) is 2.63. The lowest BCUT2D eigenvalue weighted by atomic mass is 9.78. The van der Waals surface area contributed by atoms with E-state index in [0.29, 0.717) is 26.3 Å². The number of rotatable bonds is 2. The second-order valence-electron chi connectivity index (χ2n) is 7.62. The molecule has 4 heterocycles. The van der Waals surface area contributed by atoms with Crippen molar-refractivity contribution in [2.45, 2.75) is 44.2 Å². The first-order valence-corrected chi connectivity index (χ1v) is 9.39. The van der Waals surface area contributed by atoms with Crippen LogP contribution in [0, 0.1) is 5.92 Å². The molecular weight excluding hydrogens is 334 g/mol. The van der Waals surface area contributed by atoms with Crippen LogP contribution in [0.3, 0.4) is 0 Å². The number of hydrogen-bond donors (Lipinski definition) is 1. The summed E-state index contributed by atoms with van der Waals surface area (Å²) in [6, 6.07) is 4.71. The zero-order valence-electron chi connectivity index (χ0n) is 15.0. The lowest BCUT2D eigenvalue weighted by molar-refractivity contribution is -0.136. The van der Waals surface area contributed by atoms with E-state index >= 15 is 0 Å². The van der Waals surface area contributed by atoms with E-state index in [9.17, 15) is 14.4 Å². The van der Waals surface area contributed by atoms with Crippen LogP contribution >= 0.6 is 0 Å². The van der Waals surface area contributed by atoms with Crippen molar-refractivity contribution in [1.82, 2.24) is 14.8 Å². The monoisotopic (exact) mass is 359 g/mol. The van der Waals surface area contributed by atoms with Crippen LogP contribution in [0.1, 0.15) is 43.8 Å². The summed E-state index contributed by atoms with van der Waals surface area (Å²) in [6.45, 7) is 4.00. The Bertz CT molecular complexity index is 768. The zero-order chi connectivity index (χ0) is 18.3. The van der Waals surface area contributed by atoms with Crippen LogP contribution in [0.5, 0.6) is 0 Å². The molecular formula is C19H25N3O4. The molecule has 7 heteroatoms. The number of amides is 2. The van der Waals surface area contributed by atoms with E-state index in [1.165, 1.54) is 6.07 Å². The van der Waals surface area contributed by atoms with Gasteiger partial charge in [-0.1, -0.05) is 6.07 Å². The minimum atomic E-state index is -0.556. The maximum absolute atomic E-state index is 13.1. The number of hydrogen-bond acceptors (Lipinski definition) is 4. The lowest BCUT2D eigenvalue weighted by Crippen LogP contribution is -2.55. The molecule has 0 radical (unpaired) electrons. The van der Waals surface area contributed by atoms with Crippen LogP contribution < -0.4 is 10.9 Å². The van der Waals surface area contributed by atoms with Crippen molar-refractivity contribution in [3.63, 3.8) is 0 Å². The van der Waals surface area contributed by atoms with Crippen LogP contribution in [-0.4, -0.2) is 53.6 Å². The molecule has 2 fully saturated rings. The van der Waals surface area contributed by atoms with Crippen LogP contribution in [0.2, 0.25) is 0 Å². The minimum Gasteiger partial charge on any atom is -0.381 e.